The Morgan fingerprint density at radius 2 is 1.84 bits per heavy atom. The highest BCUT2D eigenvalue weighted by Gasteiger charge is 2.20. The molecule has 0 spiro atoms. The Morgan fingerprint density at radius 1 is 1.16 bits per heavy atom. The molecule has 0 unspecified atom stereocenters. The summed E-state index contributed by atoms with van der Waals surface area (Å²) in [5.74, 6) is -3.56. The van der Waals surface area contributed by atoms with Crippen molar-refractivity contribution in [1.82, 2.24) is 4.72 Å². The number of sulfonamides is 1. The van der Waals surface area contributed by atoms with Gasteiger partial charge in [0, 0.05) is 11.1 Å². The van der Waals surface area contributed by atoms with E-state index in [1.54, 1.807) is 10.8 Å². The molecule has 5 nitrogen and oxygen atoms in total. The van der Waals surface area contributed by atoms with Crippen molar-refractivity contribution in [2.45, 2.75) is 13.3 Å². The van der Waals surface area contributed by atoms with Crippen LogP contribution in [0.1, 0.15) is 22.8 Å². The fourth-order valence-corrected chi connectivity index (χ4v) is 2.69. The summed E-state index contributed by atoms with van der Waals surface area (Å²) in [6, 6.07) is 5.95. The number of carbonyl (C=O) groups excluding carboxylic acids is 1. The van der Waals surface area contributed by atoms with E-state index in [2.05, 4.69) is 0 Å². The van der Waals surface area contributed by atoms with Gasteiger partial charge in [-0.15, -0.1) is 0 Å². The number of hydrogen-bond donors (Lipinski definition) is 1. The molecule has 2 aromatic carbocycles. The molecule has 134 valence electrons. The van der Waals surface area contributed by atoms with E-state index in [4.69, 9.17) is 16.3 Å². The molecule has 0 saturated heterocycles. The van der Waals surface area contributed by atoms with Gasteiger partial charge in [-0.3, -0.25) is 4.79 Å². The van der Waals surface area contributed by atoms with Crippen molar-refractivity contribution in [3.05, 3.63) is 58.1 Å². The lowest BCUT2D eigenvalue weighted by Gasteiger charge is -2.12. The highest BCUT2D eigenvalue weighted by atomic mass is 35.5. The van der Waals surface area contributed by atoms with Crippen LogP contribution >= 0.6 is 11.6 Å². The molecular formula is C16H14ClF2NO4S. The van der Waals surface area contributed by atoms with Crippen LogP contribution in [-0.2, 0) is 16.4 Å². The lowest BCUT2D eigenvalue weighted by molar-refractivity contribution is 0.0977. The van der Waals surface area contributed by atoms with E-state index in [0.29, 0.717) is 34.9 Å². The van der Waals surface area contributed by atoms with E-state index in [9.17, 15) is 22.0 Å². The number of ether oxygens (including phenoxy) is 1. The van der Waals surface area contributed by atoms with Crippen LogP contribution in [0.5, 0.6) is 11.5 Å². The number of benzene rings is 2. The maximum atomic E-state index is 14.2. The predicted octanol–water partition coefficient (Wildman–Crippen LogP) is 3.66. The van der Waals surface area contributed by atoms with Gasteiger partial charge in [0.25, 0.3) is 5.91 Å². The third-order valence-electron chi connectivity index (χ3n) is 3.17. The zero-order valence-corrected chi connectivity index (χ0v) is 14.8. The highest BCUT2D eigenvalue weighted by molar-refractivity contribution is 7.89. The Hall–Kier alpha value is -2.19. The first kappa shape index (κ1) is 19.1. The minimum absolute atomic E-state index is 0.290. The van der Waals surface area contributed by atoms with Crippen molar-refractivity contribution >= 4 is 27.5 Å². The molecule has 0 atom stereocenters. The van der Waals surface area contributed by atoms with Gasteiger partial charge in [-0.2, -0.15) is 0 Å². The summed E-state index contributed by atoms with van der Waals surface area (Å²) in [5, 5.41) is 0.476. The normalized spacial score (nSPS) is 11.2. The van der Waals surface area contributed by atoms with Crippen molar-refractivity contribution in [3.63, 3.8) is 0 Å². The molecule has 1 N–H and O–H groups in total. The fraction of sp³-hybridized carbons (Fsp3) is 0.188. The molecule has 0 fully saturated rings. The molecule has 0 aliphatic heterocycles. The second-order valence-electron chi connectivity index (χ2n) is 5.17. The van der Waals surface area contributed by atoms with E-state index in [0.717, 1.165) is 6.26 Å². The first-order valence-electron chi connectivity index (χ1n) is 7.08. The minimum Gasteiger partial charge on any atom is -0.454 e. The maximum absolute atomic E-state index is 14.2. The van der Waals surface area contributed by atoms with Crippen LogP contribution in [0.15, 0.2) is 30.3 Å². The van der Waals surface area contributed by atoms with Gasteiger partial charge in [-0.25, -0.2) is 21.9 Å². The summed E-state index contributed by atoms with van der Waals surface area (Å²) in [4.78, 5) is 11.7. The Balaban J connectivity index is 2.36. The van der Waals surface area contributed by atoms with Crippen LogP contribution < -0.4 is 9.46 Å². The zero-order chi connectivity index (χ0) is 18.8. The van der Waals surface area contributed by atoms with Crippen LogP contribution in [0, 0.1) is 11.6 Å². The molecule has 0 saturated carbocycles. The molecule has 25 heavy (non-hydrogen) atoms. The maximum Gasteiger partial charge on any atom is 0.267 e. The number of nitrogens with one attached hydrogen (secondary N) is 1. The van der Waals surface area contributed by atoms with Crippen LogP contribution in [-0.4, -0.2) is 20.6 Å². The zero-order valence-electron chi connectivity index (χ0n) is 13.3. The number of rotatable bonds is 5. The second-order valence-corrected chi connectivity index (χ2v) is 7.36. The largest absolute Gasteiger partial charge is 0.454 e. The van der Waals surface area contributed by atoms with Crippen molar-refractivity contribution in [3.8, 4) is 11.5 Å². The Morgan fingerprint density at radius 3 is 2.44 bits per heavy atom. The highest BCUT2D eigenvalue weighted by Crippen LogP contribution is 2.31. The lowest BCUT2D eigenvalue weighted by Crippen LogP contribution is -2.30. The van der Waals surface area contributed by atoms with Gasteiger partial charge in [-0.1, -0.05) is 18.5 Å². The lowest BCUT2D eigenvalue weighted by atomic mass is 10.1. The van der Waals surface area contributed by atoms with Crippen molar-refractivity contribution in [1.29, 1.82) is 0 Å². The molecule has 0 aliphatic carbocycles. The minimum atomic E-state index is -3.91. The van der Waals surface area contributed by atoms with Gasteiger partial charge < -0.3 is 4.74 Å². The van der Waals surface area contributed by atoms with Crippen LogP contribution in [0.4, 0.5) is 8.78 Å². The van der Waals surface area contributed by atoms with Gasteiger partial charge >= 0.3 is 0 Å². The molecule has 0 radical (unpaired) electrons. The summed E-state index contributed by atoms with van der Waals surface area (Å²) in [6.45, 7) is 1.84. The SMILES string of the molecule is CCc1cc(Cl)ccc1Oc1cc(F)c(C(=O)NS(C)(=O)=O)cc1F. The summed E-state index contributed by atoms with van der Waals surface area (Å²) in [7, 11) is -3.91. The molecule has 0 aliphatic rings. The molecule has 0 bridgehead atoms. The molecule has 0 heterocycles. The smallest absolute Gasteiger partial charge is 0.267 e. The summed E-state index contributed by atoms with van der Waals surface area (Å²) in [5.41, 5.74) is -0.0618. The Kier molecular flexibility index (Phi) is 5.64. The van der Waals surface area contributed by atoms with Crippen LogP contribution in [0.2, 0.25) is 5.02 Å². The van der Waals surface area contributed by atoms with Crippen molar-refractivity contribution in [2.75, 3.05) is 6.26 Å². The third-order valence-corrected chi connectivity index (χ3v) is 3.96. The molecule has 2 rings (SSSR count). The van der Waals surface area contributed by atoms with E-state index in [-0.39, 0.29) is 0 Å². The van der Waals surface area contributed by atoms with Crippen molar-refractivity contribution < 1.29 is 26.7 Å². The number of aryl methyl sites for hydroxylation is 1. The fourth-order valence-electron chi connectivity index (χ4n) is 2.05. The standard InChI is InChI=1S/C16H14ClF2NO4S/c1-3-9-6-10(17)4-5-14(9)24-15-8-12(18)11(7-13(15)19)16(21)20-25(2,22)23/h4-8H,3H2,1-2H3,(H,20,21). The Bertz CT molecular complexity index is 932. The summed E-state index contributed by atoms with van der Waals surface area (Å²) in [6.07, 6.45) is 1.28. The van der Waals surface area contributed by atoms with Crippen LogP contribution in [0.25, 0.3) is 0 Å². The van der Waals surface area contributed by atoms with E-state index in [1.165, 1.54) is 12.1 Å². The van der Waals surface area contributed by atoms with Crippen LogP contribution in [0.3, 0.4) is 0 Å². The Labute approximate surface area is 148 Å². The van der Waals surface area contributed by atoms with Gasteiger partial charge in [0.05, 0.1) is 11.8 Å². The van der Waals surface area contributed by atoms with Crippen molar-refractivity contribution in [2.24, 2.45) is 0 Å². The van der Waals surface area contributed by atoms with E-state index < -0.39 is 38.9 Å². The van der Waals surface area contributed by atoms with E-state index >= 15 is 0 Å². The van der Waals surface area contributed by atoms with Gasteiger partial charge in [0.2, 0.25) is 10.0 Å². The number of carbonyl (C=O) groups is 1. The average Bonchev–Trinajstić information content (AvgIpc) is 2.50. The number of hydrogen-bond acceptors (Lipinski definition) is 4. The summed E-state index contributed by atoms with van der Waals surface area (Å²) >= 11 is 5.88. The number of halogens is 3. The average molecular weight is 390 g/mol. The second kappa shape index (κ2) is 7.37. The molecule has 9 heteroatoms. The first-order valence-corrected chi connectivity index (χ1v) is 9.35. The monoisotopic (exact) mass is 389 g/mol. The molecule has 1 amide bonds. The van der Waals surface area contributed by atoms with E-state index in [1.807, 2.05) is 6.92 Å². The predicted molar refractivity (Wildman–Crippen MR) is 89.6 cm³/mol. The molecule has 0 aromatic heterocycles. The third kappa shape index (κ3) is 4.90. The van der Waals surface area contributed by atoms with Gasteiger partial charge in [0.1, 0.15) is 11.6 Å². The topological polar surface area (TPSA) is 72.5 Å². The summed E-state index contributed by atoms with van der Waals surface area (Å²) < 4.78 is 57.3. The first-order chi connectivity index (χ1) is 11.6. The van der Waals surface area contributed by atoms with Gasteiger partial charge in [-0.05, 0) is 36.2 Å². The quantitative estimate of drug-likeness (QED) is 0.847. The molecule has 2 aromatic rings. The molecular weight excluding hydrogens is 376 g/mol. The van der Waals surface area contributed by atoms with Gasteiger partial charge in [0.15, 0.2) is 11.6 Å². The number of amides is 1.